The fraction of sp³-hybridized carbons (Fsp3) is 0.632. The third kappa shape index (κ3) is 5.68. The standard InChI is InChI=1S/C19H28ClN3O2/c20-18-4-2-1-3-17(18)15-23-8-5-16(6-9-23)19(24)21-7-10-22-11-13-25-14-12-22/h1-4,16H,5-15H2,(H,21,24). The van der Waals surface area contributed by atoms with Crippen molar-refractivity contribution >= 4 is 17.5 Å². The predicted octanol–water partition coefficient (Wildman–Crippen LogP) is 2.00. The zero-order chi connectivity index (χ0) is 17.5. The number of hydrogen-bond acceptors (Lipinski definition) is 4. The van der Waals surface area contributed by atoms with Gasteiger partial charge in [0.05, 0.1) is 13.2 Å². The Labute approximate surface area is 155 Å². The fourth-order valence-corrected chi connectivity index (χ4v) is 3.72. The first-order chi connectivity index (χ1) is 12.2. The van der Waals surface area contributed by atoms with Crippen LogP contribution in [0, 0.1) is 5.92 Å². The van der Waals surface area contributed by atoms with E-state index in [1.807, 2.05) is 18.2 Å². The van der Waals surface area contributed by atoms with Gasteiger partial charge in [0, 0.05) is 43.7 Å². The average molecular weight is 366 g/mol. The fourth-order valence-electron chi connectivity index (χ4n) is 3.53. The van der Waals surface area contributed by atoms with Gasteiger partial charge in [-0.15, -0.1) is 0 Å². The maximum absolute atomic E-state index is 12.4. The highest BCUT2D eigenvalue weighted by Gasteiger charge is 2.25. The highest BCUT2D eigenvalue weighted by Crippen LogP contribution is 2.22. The van der Waals surface area contributed by atoms with E-state index in [1.54, 1.807) is 0 Å². The number of benzene rings is 1. The van der Waals surface area contributed by atoms with Gasteiger partial charge in [0.1, 0.15) is 0 Å². The van der Waals surface area contributed by atoms with E-state index < -0.39 is 0 Å². The summed E-state index contributed by atoms with van der Waals surface area (Å²) in [7, 11) is 0. The maximum atomic E-state index is 12.4. The first-order valence-corrected chi connectivity index (χ1v) is 9.64. The topological polar surface area (TPSA) is 44.8 Å². The van der Waals surface area contributed by atoms with Gasteiger partial charge in [-0.3, -0.25) is 14.6 Å². The Morgan fingerprint density at radius 2 is 1.84 bits per heavy atom. The lowest BCUT2D eigenvalue weighted by Gasteiger charge is -2.32. The van der Waals surface area contributed by atoms with Crippen molar-refractivity contribution in [3.8, 4) is 0 Å². The third-order valence-corrected chi connectivity index (χ3v) is 5.51. The first-order valence-electron chi connectivity index (χ1n) is 9.26. The van der Waals surface area contributed by atoms with Crippen LogP contribution in [0.2, 0.25) is 5.02 Å². The van der Waals surface area contributed by atoms with Crippen molar-refractivity contribution in [3.05, 3.63) is 34.9 Å². The summed E-state index contributed by atoms with van der Waals surface area (Å²) in [5.74, 6) is 0.359. The molecule has 2 saturated heterocycles. The third-order valence-electron chi connectivity index (χ3n) is 5.14. The molecule has 3 rings (SSSR count). The minimum absolute atomic E-state index is 0.146. The van der Waals surface area contributed by atoms with Crippen molar-refractivity contribution in [1.29, 1.82) is 0 Å². The molecule has 1 N–H and O–H groups in total. The van der Waals surface area contributed by atoms with Crippen LogP contribution in [0.15, 0.2) is 24.3 Å². The average Bonchev–Trinajstić information content (AvgIpc) is 2.65. The minimum atomic E-state index is 0.146. The van der Waals surface area contributed by atoms with E-state index in [0.29, 0.717) is 0 Å². The molecule has 2 heterocycles. The van der Waals surface area contributed by atoms with Gasteiger partial charge < -0.3 is 10.1 Å². The molecule has 0 aromatic heterocycles. The van der Waals surface area contributed by atoms with Crippen molar-refractivity contribution in [2.24, 2.45) is 5.92 Å². The Balaban J connectivity index is 1.35. The Hall–Kier alpha value is -1.14. The van der Waals surface area contributed by atoms with E-state index in [2.05, 4.69) is 21.2 Å². The van der Waals surface area contributed by atoms with Crippen LogP contribution in [0.5, 0.6) is 0 Å². The summed E-state index contributed by atoms with van der Waals surface area (Å²) in [4.78, 5) is 17.1. The molecule has 0 unspecified atom stereocenters. The van der Waals surface area contributed by atoms with E-state index >= 15 is 0 Å². The van der Waals surface area contributed by atoms with E-state index in [1.165, 1.54) is 0 Å². The molecule has 1 aromatic carbocycles. The van der Waals surface area contributed by atoms with Gasteiger partial charge in [0.25, 0.3) is 0 Å². The number of nitrogens with zero attached hydrogens (tertiary/aromatic N) is 2. The van der Waals surface area contributed by atoms with E-state index in [-0.39, 0.29) is 11.8 Å². The van der Waals surface area contributed by atoms with Crippen molar-refractivity contribution in [1.82, 2.24) is 15.1 Å². The number of carbonyl (C=O) groups excluding carboxylic acids is 1. The summed E-state index contributed by atoms with van der Waals surface area (Å²) in [6, 6.07) is 7.99. The molecule has 5 nitrogen and oxygen atoms in total. The molecule has 0 radical (unpaired) electrons. The van der Waals surface area contributed by atoms with E-state index in [0.717, 1.165) is 82.5 Å². The van der Waals surface area contributed by atoms with Crippen LogP contribution < -0.4 is 5.32 Å². The van der Waals surface area contributed by atoms with Crippen molar-refractivity contribution < 1.29 is 9.53 Å². The van der Waals surface area contributed by atoms with Gasteiger partial charge in [0.15, 0.2) is 0 Å². The minimum Gasteiger partial charge on any atom is -0.379 e. The Bertz CT molecular complexity index is 555. The highest BCUT2D eigenvalue weighted by atomic mass is 35.5. The molecule has 0 spiro atoms. The highest BCUT2D eigenvalue weighted by molar-refractivity contribution is 6.31. The van der Waals surface area contributed by atoms with Crippen LogP contribution in [0.1, 0.15) is 18.4 Å². The van der Waals surface area contributed by atoms with Crippen LogP contribution in [-0.4, -0.2) is 68.2 Å². The SMILES string of the molecule is O=C(NCCN1CCOCC1)C1CCN(Cc2ccccc2Cl)CC1. The van der Waals surface area contributed by atoms with E-state index in [4.69, 9.17) is 16.3 Å². The van der Waals surface area contributed by atoms with Gasteiger partial charge in [0.2, 0.25) is 5.91 Å². The molecule has 2 fully saturated rings. The van der Waals surface area contributed by atoms with Gasteiger partial charge in [-0.2, -0.15) is 0 Å². The molecule has 138 valence electrons. The Kier molecular flexibility index (Phi) is 7.11. The second kappa shape index (κ2) is 9.53. The maximum Gasteiger partial charge on any atom is 0.223 e. The summed E-state index contributed by atoms with van der Waals surface area (Å²) in [5.41, 5.74) is 1.16. The largest absolute Gasteiger partial charge is 0.379 e. The molecule has 1 aromatic rings. The van der Waals surface area contributed by atoms with Crippen LogP contribution in [0.25, 0.3) is 0 Å². The van der Waals surface area contributed by atoms with Crippen molar-refractivity contribution in [3.63, 3.8) is 0 Å². The molecular weight excluding hydrogens is 338 g/mol. The summed E-state index contributed by atoms with van der Waals surface area (Å²) in [6.07, 6.45) is 1.85. The predicted molar refractivity (Wildman–Crippen MR) is 99.7 cm³/mol. The van der Waals surface area contributed by atoms with Crippen molar-refractivity contribution in [2.45, 2.75) is 19.4 Å². The smallest absolute Gasteiger partial charge is 0.223 e. The lowest BCUT2D eigenvalue weighted by molar-refractivity contribution is -0.126. The monoisotopic (exact) mass is 365 g/mol. The Morgan fingerprint density at radius 3 is 2.56 bits per heavy atom. The normalized spacial score (nSPS) is 20.5. The van der Waals surface area contributed by atoms with Gasteiger partial charge in [-0.05, 0) is 37.6 Å². The lowest BCUT2D eigenvalue weighted by atomic mass is 9.95. The van der Waals surface area contributed by atoms with Crippen LogP contribution in [0.4, 0.5) is 0 Å². The number of ether oxygens (including phenoxy) is 1. The zero-order valence-electron chi connectivity index (χ0n) is 14.8. The number of carbonyl (C=O) groups is 1. The molecule has 2 aliphatic rings. The number of morpholine rings is 1. The van der Waals surface area contributed by atoms with Gasteiger partial charge >= 0.3 is 0 Å². The summed E-state index contributed by atoms with van der Waals surface area (Å²) >= 11 is 6.24. The summed E-state index contributed by atoms with van der Waals surface area (Å²) in [5, 5.41) is 3.94. The number of piperidine rings is 1. The molecule has 25 heavy (non-hydrogen) atoms. The molecule has 0 bridgehead atoms. The van der Waals surface area contributed by atoms with Gasteiger partial charge in [-0.1, -0.05) is 29.8 Å². The quantitative estimate of drug-likeness (QED) is 0.837. The van der Waals surface area contributed by atoms with Crippen molar-refractivity contribution in [2.75, 3.05) is 52.5 Å². The van der Waals surface area contributed by atoms with Crippen LogP contribution >= 0.6 is 11.6 Å². The molecule has 1 amide bonds. The molecule has 0 saturated carbocycles. The van der Waals surface area contributed by atoms with E-state index in [9.17, 15) is 4.79 Å². The molecule has 0 aliphatic carbocycles. The molecule has 2 aliphatic heterocycles. The first kappa shape index (κ1) is 18.6. The zero-order valence-corrected chi connectivity index (χ0v) is 15.5. The number of nitrogens with one attached hydrogen (secondary N) is 1. The number of rotatable bonds is 6. The molecule has 6 heteroatoms. The summed E-state index contributed by atoms with van der Waals surface area (Å²) < 4.78 is 5.34. The molecular formula is C19H28ClN3O2. The number of halogens is 1. The van der Waals surface area contributed by atoms with Crippen LogP contribution in [-0.2, 0) is 16.1 Å². The van der Waals surface area contributed by atoms with Gasteiger partial charge in [-0.25, -0.2) is 0 Å². The molecule has 0 atom stereocenters. The van der Waals surface area contributed by atoms with Crippen LogP contribution in [0.3, 0.4) is 0 Å². The number of hydrogen-bond donors (Lipinski definition) is 1. The second-order valence-corrected chi connectivity index (χ2v) is 7.29. The second-order valence-electron chi connectivity index (χ2n) is 6.89. The lowest BCUT2D eigenvalue weighted by Crippen LogP contribution is -2.44. The number of amides is 1. The number of likely N-dealkylation sites (tertiary alicyclic amines) is 1. The summed E-state index contributed by atoms with van der Waals surface area (Å²) in [6.45, 7) is 7.96. The Morgan fingerprint density at radius 1 is 1.12 bits per heavy atom.